The van der Waals surface area contributed by atoms with E-state index < -0.39 is 56.8 Å². The molecule has 0 amide bonds. The maximum atomic E-state index is 14.9. The summed E-state index contributed by atoms with van der Waals surface area (Å²) in [4.78, 5) is 15.2. The first kappa shape index (κ1) is 43.9. The van der Waals surface area contributed by atoms with E-state index in [1.165, 1.54) is 38.5 Å². The Morgan fingerprint density at radius 2 is 0.909 bits per heavy atom. The van der Waals surface area contributed by atoms with Gasteiger partial charge in [-0.2, -0.15) is 0 Å². The van der Waals surface area contributed by atoms with Crippen molar-refractivity contribution in [1.29, 1.82) is 0 Å². The SMILES string of the molecule is Cc1ccc(S(=O)(=O)N(CCCN([C@H]2C[C@H]3CCCC[C@@H]3[C@H]2/C=[CH]/[Sn]([CH3])([CH3])[CH3])S(=O)(=O)c2ccc(C)cc2)[C@H]2C[C@H]3CCCC[C@@H]3[C@H]2/C=[CH]/[Sn]([CH3])([CH3])[CH3])cc1. The molecule has 0 aliphatic heterocycles. The van der Waals surface area contributed by atoms with Crippen LogP contribution in [0.15, 0.2) is 78.7 Å². The average Bonchev–Trinajstić information content (AvgIpc) is 3.67. The molecule has 2 aromatic rings. The molecule has 304 valence electrons. The van der Waals surface area contributed by atoms with Crippen LogP contribution in [0, 0.1) is 49.4 Å². The summed E-state index contributed by atoms with van der Waals surface area (Å²) in [6, 6.07) is 14.4. The normalized spacial score (nSPS) is 29.4. The topological polar surface area (TPSA) is 74.8 Å². The van der Waals surface area contributed by atoms with Crippen LogP contribution in [0.4, 0.5) is 0 Å². The van der Waals surface area contributed by atoms with Crippen LogP contribution in [-0.4, -0.2) is 87.4 Å². The first-order chi connectivity index (χ1) is 25.8. The van der Waals surface area contributed by atoms with Crippen LogP contribution in [0.1, 0.15) is 81.8 Å². The van der Waals surface area contributed by atoms with Gasteiger partial charge in [0.2, 0.25) is 0 Å². The molecule has 6 nitrogen and oxygen atoms in total. The number of nitrogens with zero attached hydrogens (tertiary/aromatic N) is 2. The third-order valence-electron chi connectivity index (χ3n) is 13.3. The maximum absolute atomic E-state index is 14.9. The van der Waals surface area contributed by atoms with Crippen molar-refractivity contribution in [3.8, 4) is 0 Å². The summed E-state index contributed by atoms with van der Waals surface area (Å²) in [5.74, 6) is 2.43. The Morgan fingerprint density at radius 3 is 1.25 bits per heavy atom. The molecule has 4 fully saturated rings. The first-order valence-electron chi connectivity index (χ1n) is 21.4. The second-order valence-electron chi connectivity index (χ2n) is 19.8. The van der Waals surface area contributed by atoms with Crippen LogP contribution in [0.5, 0.6) is 0 Å². The second-order valence-corrected chi connectivity index (χ2v) is 52.5. The van der Waals surface area contributed by atoms with Gasteiger partial charge < -0.3 is 0 Å². The van der Waals surface area contributed by atoms with Crippen molar-refractivity contribution >= 4 is 56.8 Å². The third kappa shape index (κ3) is 10.6. The van der Waals surface area contributed by atoms with E-state index in [1.54, 1.807) is 24.3 Å². The molecule has 8 atom stereocenters. The van der Waals surface area contributed by atoms with Crippen LogP contribution in [0.3, 0.4) is 0 Å². The Bertz CT molecular complexity index is 1740. The predicted octanol–water partition coefficient (Wildman–Crippen LogP) is 10.6. The Hall–Kier alpha value is -0.663. The van der Waals surface area contributed by atoms with Gasteiger partial charge >= 0.3 is 347 Å². The van der Waals surface area contributed by atoms with Gasteiger partial charge in [-0.1, -0.05) is 0 Å². The molecule has 0 N–H and O–H groups in total. The molecular formula is C45H70N2O4S2Sn2. The summed E-state index contributed by atoms with van der Waals surface area (Å²) in [6.07, 6.45) is 16.6. The summed E-state index contributed by atoms with van der Waals surface area (Å²) >= 11 is -4.64. The van der Waals surface area contributed by atoms with Gasteiger partial charge in [0.25, 0.3) is 0 Å². The van der Waals surface area contributed by atoms with E-state index in [0.29, 0.717) is 53.0 Å². The van der Waals surface area contributed by atoms with Gasteiger partial charge in [-0.15, -0.1) is 0 Å². The zero-order valence-corrected chi connectivity index (χ0v) is 42.4. The molecule has 6 rings (SSSR count). The fourth-order valence-electron chi connectivity index (χ4n) is 10.5. The fraction of sp³-hybridized carbons (Fsp3) is 0.644. The first-order valence-corrected chi connectivity index (χ1v) is 44.7. The number of benzene rings is 2. The Balaban J connectivity index is 1.38. The average molecular weight is 1000 g/mol. The molecule has 4 aliphatic carbocycles. The van der Waals surface area contributed by atoms with E-state index in [2.05, 4.69) is 50.0 Å². The van der Waals surface area contributed by atoms with E-state index in [-0.39, 0.29) is 23.9 Å². The molecule has 4 aliphatic rings. The molecule has 0 bridgehead atoms. The fourth-order valence-corrected chi connectivity index (χ4v) is 18.5. The molecular weight excluding hydrogens is 934 g/mol. The van der Waals surface area contributed by atoms with Crippen molar-refractivity contribution in [3.05, 3.63) is 80.0 Å². The van der Waals surface area contributed by atoms with Crippen molar-refractivity contribution in [3.63, 3.8) is 0 Å². The quantitative estimate of drug-likeness (QED) is 0.177. The molecule has 10 heteroatoms. The zero-order chi connectivity index (χ0) is 39.8. The monoisotopic (exact) mass is 1010 g/mol. The molecule has 2 aromatic carbocycles. The van der Waals surface area contributed by atoms with Crippen molar-refractivity contribution in [2.24, 2.45) is 35.5 Å². The van der Waals surface area contributed by atoms with Crippen molar-refractivity contribution in [2.75, 3.05) is 13.1 Å². The minimum atomic E-state index is -3.85. The number of sulfonamides is 2. The van der Waals surface area contributed by atoms with Gasteiger partial charge in [-0.3, -0.25) is 0 Å². The summed E-state index contributed by atoms with van der Waals surface area (Å²) in [5, 5.41) is 0. The molecule has 0 aromatic heterocycles. The molecule has 0 heterocycles. The molecule has 0 spiro atoms. The van der Waals surface area contributed by atoms with Gasteiger partial charge in [0.15, 0.2) is 0 Å². The van der Waals surface area contributed by atoms with Gasteiger partial charge in [0.1, 0.15) is 0 Å². The summed E-state index contributed by atoms with van der Waals surface area (Å²) in [5.41, 5.74) is 2.06. The van der Waals surface area contributed by atoms with Crippen LogP contribution in [-0.2, 0) is 20.0 Å². The number of hydrogen-bond acceptors (Lipinski definition) is 4. The Kier molecular flexibility index (Phi) is 14.3. The van der Waals surface area contributed by atoms with Gasteiger partial charge in [-0.05, 0) is 0 Å². The summed E-state index contributed by atoms with van der Waals surface area (Å²) in [6.45, 7) is 4.60. The zero-order valence-electron chi connectivity index (χ0n) is 35.1. The van der Waals surface area contributed by atoms with Gasteiger partial charge in [0, 0.05) is 0 Å². The molecule has 0 unspecified atom stereocenters. The predicted molar refractivity (Wildman–Crippen MR) is 234 cm³/mol. The van der Waals surface area contributed by atoms with Crippen molar-refractivity contribution < 1.29 is 16.8 Å². The van der Waals surface area contributed by atoms with E-state index >= 15 is 0 Å². The third-order valence-corrected chi connectivity index (χ3v) is 24.0. The summed E-state index contributed by atoms with van der Waals surface area (Å²) < 4.78 is 68.5. The minimum absolute atomic E-state index is 0.129. The Labute approximate surface area is 343 Å². The number of rotatable bonds is 14. The van der Waals surface area contributed by atoms with Crippen LogP contribution in [0.2, 0.25) is 29.6 Å². The second kappa shape index (κ2) is 17.9. The van der Waals surface area contributed by atoms with E-state index in [1.807, 2.05) is 46.7 Å². The Morgan fingerprint density at radius 1 is 0.564 bits per heavy atom. The molecule has 0 radical (unpaired) electrons. The van der Waals surface area contributed by atoms with Gasteiger partial charge in [-0.25, -0.2) is 0 Å². The molecule has 0 saturated heterocycles. The van der Waals surface area contributed by atoms with E-state index in [4.69, 9.17) is 0 Å². The standard InChI is InChI=1S/C39H52N2O4S2.6CH3.2Sn/c1-5-34-36-14-9-7-12-30(36)26-38(34)40(46(42,43)32-20-16-28(3)17-21-32)24-11-25-41(47(44,45)33-22-18-29(4)19-23-33)39-27-31-13-8-10-15-37(31)35(39)6-2;;;;;;;;/h1-2,5-6,16-23,30-31,34-39H,7-15,24-27H2,3-4H3;6*1H3;;/t30-,31-,34-,35-,36+,37+,38+,39+;;;;;;;;/m1......../s1. The van der Waals surface area contributed by atoms with Crippen molar-refractivity contribution in [1.82, 2.24) is 8.61 Å². The van der Waals surface area contributed by atoms with E-state index in [0.717, 1.165) is 36.8 Å². The van der Waals surface area contributed by atoms with Crippen LogP contribution < -0.4 is 0 Å². The number of fused-ring (bicyclic) bond motifs is 2. The van der Waals surface area contributed by atoms with Crippen LogP contribution >= 0.6 is 0 Å². The molecule has 55 heavy (non-hydrogen) atoms. The van der Waals surface area contributed by atoms with Gasteiger partial charge in [0.05, 0.1) is 0 Å². The van der Waals surface area contributed by atoms with E-state index in [9.17, 15) is 16.8 Å². The summed E-state index contributed by atoms with van der Waals surface area (Å²) in [7, 11) is -7.70. The van der Waals surface area contributed by atoms with Crippen LogP contribution in [0.25, 0.3) is 0 Å². The van der Waals surface area contributed by atoms with Crippen molar-refractivity contribution in [2.45, 2.75) is 136 Å². The number of hydrogen-bond donors (Lipinski definition) is 0. The number of aryl methyl sites for hydroxylation is 2. The molecule has 4 saturated carbocycles.